The molecule has 8 heteroatoms. The van der Waals surface area contributed by atoms with Gasteiger partial charge in [-0.3, -0.25) is 10.1 Å². The Morgan fingerprint density at radius 2 is 2.10 bits per heavy atom. The molecule has 0 amide bonds. The minimum Gasteiger partial charge on any atom is -0.258 e. The molecule has 0 aromatic heterocycles. The van der Waals surface area contributed by atoms with Crippen molar-refractivity contribution in [2.45, 2.75) is 24.2 Å². The summed E-state index contributed by atoms with van der Waals surface area (Å²) in [6.45, 7) is 0.170. The number of unbranched alkanes of at least 4 members (excludes halogenated alkanes) is 2. The highest BCUT2D eigenvalue weighted by molar-refractivity contribution is 7.89. The average Bonchev–Trinajstić information content (AvgIpc) is 2.38. The zero-order valence-electron chi connectivity index (χ0n) is 10.5. The molecule has 0 saturated heterocycles. The Kier molecular flexibility index (Phi) is 5.95. The molecular formula is C12H13ClN2O4S. The van der Waals surface area contributed by atoms with Gasteiger partial charge in [-0.15, -0.1) is 12.3 Å². The number of nitro groups is 1. The van der Waals surface area contributed by atoms with Crippen LogP contribution in [0.25, 0.3) is 0 Å². The zero-order valence-corrected chi connectivity index (χ0v) is 12.1. The minimum absolute atomic E-state index is 0.102. The summed E-state index contributed by atoms with van der Waals surface area (Å²) in [7, 11) is -3.94. The summed E-state index contributed by atoms with van der Waals surface area (Å²) in [6, 6.07) is 3.42. The van der Waals surface area contributed by atoms with Gasteiger partial charge in [-0.1, -0.05) is 11.6 Å². The largest absolute Gasteiger partial charge is 0.290 e. The number of rotatable bonds is 7. The molecule has 0 aliphatic carbocycles. The summed E-state index contributed by atoms with van der Waals surface area (Å²) < 4.78 is 26.3. The predicted octanol–water partition coefficient (Wildman–Crippen LogP) is 2.33. The molecule has 6 nitrogen and oxygen atoms in total. The van der Waals surface area contributed by atoms with Crippen molar-refractivity contribution in [3.8, 4) is 12.3 Å². The van der Waals surface area contributed by atoms with Gasteiger partial charge in [0.2, 0.25) is 10.0 Å². The second-order valence-electron chi connectivity index (χ2n) is 3.93. The van der Waals surface area contributed by atoms with Crippen molar-refractivity contribution in [1.82, 2.24) is 4.72 Å². The van der Waals surface area contributed by atoms with Crippen molar-refractivity contribution in [3.63, 3.8) is 0 Å². The first-order valence-corrected chi connectivity index (χ1v) is 7.61. The van der Waals surface area contributed by atoms with Crippen molar-refractivity contribution < 1.29 is 13.3 Å². The summed E-state index contributed by atoms with van der Waals surface area (Å²) in [5.74, 6) is 2.45. The molecule has 0 saturated carbocycles. The summed E-state index contributed by atoms with van der Waals surface area (Å²) in [4.78, 5) is 9.69. The van der Waals surface area contributed by atoms with Crippen molar-refractivity contribution >= 4 is 27.3 Å². The van der Waals surface area contributed by atoms with Crippen LogP contribution < -0.4 is 4.72 Å². The van der Waals surface area contributed by atoms with Crippen LogP contribution in [0, 0.1) is 22.5 Å². The van der Waals surface area contributed by atoms with Gasteiger partial charge in [-0.05, 0) is 25.0 Å². The van der Waals surface area contributed by atoms with Gasteiger partial charge < -0.3 is 0 Å². The lowest BCUT2D eigenvalue weighted by molar-refractivity contribution is -0.387. The van der Waals surface area contributed by atoms with E-state index in [4.69, 9.17) is 18.0 Å². The lowest BCUT2D eigenvalue weighted by Gasteiger charge is -2.07. The number of nitro benzene ring substituents is 1. The fourth-order valence-electron chi connectivity index (χ4n) is 1.50. The standard InChI is InChI=1S/C12H13ClN2O4S/c1-2-3-4-5-8-14-20(18,19)12-7-6-10(13)9-11(12)15(16)17/h1,6-7,9,14H,3-5,8H2. The molecule has 0 heterocycles. The van der Waals surface area contributed by atoms with Crippen LogP contribution in [0.2, 0.25) is 5.02 Å². The van der Waals surface area contributed by atoms with E-state index in [9.17, 15) is 18.5 Å². The van der Waals surface area contributed by atoms with E-state index in [1.165, 1.54) is 6.07 Å². The Morgan fingerprint density at radius 3 is 2.70 bits per heavy atom. The number of nitrogens with zero attached hydrogens (tertiary/aromatic N) is 1. The van der Waals surface area contributed by atoms with E-state index in [1.54, 1.807) is 0 Å². The van der Waals surface area contributed by atoms with Crippen LogP contribution in [0.4, 0.5) is 5.69 Å². The Hall–Kier alpha value is -1.62. The molecule has 1 aromatic carbocycles. The molecule has 0 aliphatic rings. The Morgan fingerprint density at radius 1 is 1.40 bits per heavy atom. The number of nitrogens with one attached hydrogen (secondary N) is 1. The first-order valence-electron chi connectivity index (χ1n) is 5.75. The molecule has 0 aliphatic heterocycles. The quantitative estimate of drug-likeness (QED) is 0.362. The lowest BCUT2D eigenvalue weighted by atomic mass is 10.2. The SMILES string of the molecule is C#CCCCCNS(=O)(=O)c1ccc(Cl)cc1[N+](=O)[O-]. The van der Waals surface area contributed by atoms with E-state index < -0.39 is 25.5 Å². The fraction of sp³-hybridized carbons (Fsp3) is 0.333. The normalized spacial score (nSPS) is 11.0. The molecule has 0 bridgehead atoms. The highest BCUT2D eigenvalue weighted by Gasteiger charge is 2.25. The molecule has 0 atom stereocenters. The van der Waals surface area contributed by atoms with Crippen LogP contribution in [0.1, 0.15) is 19.3 Å². The van der Waals surface area contributed by atoms with Crippen molar-refractivity contribution in [1.29, 1.82) is 0 Å². The van der Waals surface area contributed by atoms with Gasteiger partial charge in [0.1, 0.15) is 0 Å². The van der Waals surface area contributed by atoms with E-state index in [2.05, 4.69) is 10.6 Å². The first kappa shape index (κ1) is 16.4. The van der Waals surface area contributed by atoms with Crippen LogP contribution in [0.15, 0.2) is 23.1 Å². The smallest absolute Gasteiger partial charge is 0.258 e. The van der Waals surface area contributed by atoms with Gasteiger partial charge in [-0.25, -0.2) is 13.1 Å². The van der Waals surface area contributed by atoms with Gasteiger partial charge in [0.05, 0.1) is 4.92 Å². The molecule has 108 valence electrons. The molecule has 0 spiro atoms. The average molecular weight is 317 g/mol. The van der Waals surface area contributed by atoms with Gasteiger partial charge in [-0.2, -0.15) is 0 Å². The van der Waals surface area contributed by atoms with E-state index in [-0.39, 0.29) is 11.6 Å². The van der Waals surface area contributed by atoms with E-state index in [1.807, 2.05) is 0 Å². The second kappa shape index (κ2) is 7.24. The molecule has 0 unspecified atom stereocenters. The second-order valence-corrected chi connectivity index (χ2v) is 6.10. The molecular weight excluding hydrogens is 304 g/mol. The van der Waals surface area contributed by atoms with Crippen LogP contribution in [-0.2, 0) is 10.0 Å². The van der Waals surface area contributed by atoms with Gasteiger partial charge in [0.15, 0.2) is 4.90 Å². The zero-order chi connectivity index (χ0) is 15.2. The van der Waals surface area contributed by atoms with Gasteiger partial charge in [0, 0.05) is 24.1 Å². The summed E-state index contributed by atoms with van der Waals surface area (Å²) >= 11 is 5.63. The van der Waals surface area contributed by atoms with Crippen LogP contribution in [0.3, 0.4) is 0 Å². The maximum absolute atomic E-state index is 12.0. The first-order chi connectivity index (χ1) is 9.38. The number of halogens is 1. The lowest BCUT2D eigenvalue weighted by Crippen LogP contribution is -2.25. The van der Waals surface area contributed by atoms with Gasteiger partial charge in [0.25, 0.3) is 5.69 Å². The molecule has 0 radical (unpaired) electrons. The monoisotopic (exact) mass is 316 g/mol. The molecule has 0 fully saturated rings. The maximum Gasteiger partial charge on any atom is 0.290 e. The molecule has 1 aromatic rings. The predicted molar refractivity (Wildman–Crippen MR) is 76.0 cm³/mol. The van der Waals surface area contributed by atoms with E-state index in [0.29, 0.717) is 19.3 Å². The summed E-state index contributed by atoms with van der Waals surface area (Å²) in [5, 5.41) is 11.0. The molecule has 1 rings (SSSR count). The summed E-state index contributed by atoms with van der Waals surface area (Å²) in [5.41, 5.74) is -0.548. The highest BCUT2D eigenvalue weighted by Crippen LogP contribution is 2.26. The Bertz CT molecular complexity index is 637. The Labute approximate surface area is 122 Å². The molecule has 20 heavy (non-hydrogen) atoms. The van der Waals surface area contributed by atoms with Crippen LogP contribution in [0.5, 0.6) is 0 Å². The van der Waals surface area contributed by atoms with Crippen molar-refractivity contribution in [3.05, 3.63) is 33.3 Å². The van der Waals surface area contributed by atoms with Crippen molar-refractivity contribution in [2.75, 3.05) is 6.54 Å². The third-order valence-electron chi connectivity index (χ3n) is 2.45. The van der Waals surface area contributed by atoms with Crippen molar-refractivity contribution in [2.24, 2.45) is 0 Å². The molecule has 1 N–H and O–H groups in total. The van der Waals surface area contributed by atoms with Gasteiger partial charge >= 0.3 is 0 Å². The van der Waals surface area contributed by atoms with Crippen LogP contribution >= 0.6 is 11.6 Å². The third kappa shape index (κ3) is 4.49. The fourth-order valence-corrected chi connectivity index (χ4v) is 2.89. The van der Waals surface area contributed by atoms with Crippen LogP contribution in [-0.4, -0.2) is 19.9 Å². The number of benzene rings is 1. The topological polar surface area (TPSA) is 89.3 Å². The summed E-state index contributed by atoms with van der Waals surface area (Å²) in [6.07, 6.45) is 6.88. The van der Waals surface area contributed by atoms with E-state index in [0.717, 1.165) is 12.1 Å². The van der Waals surface area contributed by atoms with E-state index >= 15 is 0 Å². The number of sulfonamides is 1. The number of hydrogen-bond acceptors (Lipinski definition) is 4. The maximum atomic E-state index is 12.0. The minimum atomic E-state index is -3.94. The Balaban J connectivity index is 2.88. The number of terminal acetylenes is 1. The third-order valence-corrected chi connectivity index (χ3v) is 4.19. The highest BCUT2D eigenvalue weighted by atomic mass is 35.5. The number of hydrogen-bond donors (Lipinski definition) is 1.